The van der Waals surface area contributed by atoms with E-state index in [1.165, 1.54) is 0 Å². The molecule has 1 aromatic carbocycles. The molecule has 0 fully saturated rings. The second-order valence-corrected chi connectivity index (χ2v) is 5.33. The predicted octanol–water partition coefficient (Wildman–Crippen LogP) is 3.17. The van der Waals surface area contributed by atoms with Crippen LogP contribution in [0.4, 0.5) is 0 Å². The predicted molar refractivity (Wildman–Crippen MR) is 78.5 cm³/mol. The van der Waals surface area contributed by atoms with Crippen molar-refractivity contribution in [2.24, 2.45) is 5.41 Å². The van der Waals surface area contributed by atoms with E-state index in [1.54, 1.807) is 6.08 Å². The third kappa shape index (κ3) is 4.90. The van der Waals surface area contributed by atoms with Crippen LogP contribution in [0.5, 0.6) is 0 Å². The van der Waals surface area contributed by atoms with Crippen LogP contribution in [0.15, 0.2) is 43.0 Å². The summed E-state index contributed by atoms with van der Waals surface area (Å²) in [6.45, 7) is 8.37. The maximum atomic E-state index is 9.60. The summed E-state index contributed by atoms with van der Waals surface area (Å²) in [6.07, 6.45) is 6.56. The molecule has 0 bridgehead atoms. The Balaban J connectivity index is 2.62. The largest absolute Gasteiger partial charge is 0.380 e. The highest BCUT2D eigenvalue weighted by atomic mass is 16.5. The van der Waals surface area contributed by atoms with E-state index in [0.29, 0.717) is 13.0 Å². The Labute approximate surface area is 116 Å². The normalized spacial score (nSPS) is 14.4. The van der Waals surface area contributed by atoms with Gasteiger partial charge in [-0.1, -0.05) is 56.2 Å². The summed E-state index contributed by atoms with van der Waals surface area (Å²) in [7, 11) is 0. The minimum atomic E-state index is -0.752. The topological polar surface area (TPSA) is 29.5 Å². The van der Waals surface area contributed by atoms with Gasteiger partial charge in [0.05, 0.1) is 12.7 Å². The lowest BCUT2D eigenvalue weighted by Gasteiger charge is -2.33. The molecule has 1 unspecified atom stereocenters. The Morgan fingerprint density at radius 2 is 2.05 bits per heavy atom. The Morgan fingerprint density at radius 1 is 1.42 bits per heavy atom. The molecule has 2 atom stereocenters. The van der Waals surface area contributed by atoms with Gasteiger partial charge >= 0.3 is 0 Å². The molecule has 1 aromatic rings. The Hall–Kier alpha value is -1.56. The van der Waals surface area contributed by atoms with Crippen LogP contribution in [0.25, 0.3) is 0 Å². The van der Waals surface area contributed by atoms with Gasteiger partial charge in [0.25, 0.3) is 0 Å². The second kappa shape index (κ2) is 7.13. The zero-order chi connectivity index (χ0) is 14.3. The van der Waals surface area contributed by atoms with Gasteiger partial charge in [-0.15, -0.1) is 13.0 Å². The van der Waals surface area contributed by atoms with E-state index < -0.39 is 6.10 Å². The van der Waals surface area contributed by atoms with Crippen molar-refractivity contribution in [3.8, 4) is 12.3 Å². The number of aliphatic hydroxyl groups excluding tert-OH is 1. The molecular weight excluding hydrogens is 236 g/mol. The van der Waals surface area contributed by atoms with Crippen LogP contribution < -0.4 is 0 Å². The zero-order valence-electron chi connectivity index (χ0n) is 11.7. The number of aliphatic hydroxyl groups is 1. The van der Waals surface area contributed by atoms with Crippen LogP contribution in [0.2, 0.25) is 0 Å². The highest BCUT2D eigenvalue weighted by Gasteiger charge is 2.30. The summed E-state index contributed by atoms with van der Waals surface area (Å²) in [4.78, 5) is 0. The lowest BCUT2D eigenvalue weighted by atomic mass is 9.81. The summed E-state index contributed by atoms with van der Waals surface area (Å²) in [5.41, 5.74) is 0.852. The van der Waals surface area contributed by atoms with Crippen molar-refractivity contribution in [3.63, 3.8) is 0 Å². The van der Waals surface area contributed by atoms with Crippen LogP contribution in [-0.4, -0.2) is 17.3 Å². The number of ether oxygens (including phenoxy) is 1. The lowest BCUT2D eigenvalue weighted by molar-refractivity contribution is -0.0199. The van der Waals surface area contributed by atoms with E-state index in [2.05, 4.69) is 12.5 Å². The summed E-state index contributed by atoms with van der Waals surface area (Å²) in [5.74, 6) is 2.34. The number of hydrogen-bond donors (Lipinski definition) is 1. The van der Waals surface area contributed by atoms with Crippen molar-refractivity contribution < 1.29 is 9.84 Å². The minimum Gasteiger partial charge on any atom is -0.380 e. The van der Waals surface area contributed by atoms with Gasteiger partial charge in [0.15, 0.2) is 0 Å². The molecular formula is C17H22O2. The van der Waals surface area contributed by atoms with Crippen molar-refractivity contribution >= 4 is 0 Å². The Morgan fingerprint density at radius 3 is 2.58 bits per heavy atom. The summed E-state index contributed by atoms with van der Waals surface area (Å²) in [6, 6.07) is 9.97. The standard InChI is InChI=1S/C17H22O2/c1-5-15(18)12-17(3,4)16(6-2)19-13-14-10-8-7-9-11-14/h1,6-11,15-16,18H,2,12-13H2,3-4H3/t15?,16-/m0/s1. The molecule has 1 rings (SSSR count). The van der Waals surface area contributed by atoms with E-state index in [0.717, 1.165) is 5.56 Å². The molecule has 0 heterocycles. The fourth-order valence-electron chi connectivity index (χ4n) is 2.05. The maximum absolute atomic E-state index is 9.60. The molecule has 0 aliphatic carbocycles. The average molecular weight is 258 g/mol. The fraction of sp³-hybridized carbons (Fsp3) is 0.412. The molecule has 2 nitrogen and oxygen atoms in total. The summed E-state index contributed by atoms with van der Waals surface area (Å²) in [5, 5.41) is 9.60. The van der Waals surface area contributed by atoms with Gasteiger partial charge in [0.1, 0.15) is 6.10 Å². The summed E-state index contributed by atoms with van der Waals surface area (Å²) >= 11 is 0. The first-order valence-corrected chi connectivity index (χ1v) is 6.42. The van der Waals surface area contributed by atoms with Crippen LogP contribution in [0.3, 0.4) is 0 Å². The first kappa shape index (κ1) is 15.5. The zero-order valence-corrected chi connectivity index (χ0v) is 11.7. The molecule has 0 saturated heterocycles. The quantitative estimate of drug-likeness (QED) is 0.601. The second-order valence-electron chi connectivity index (χ2n) is 5.33. The monoisotopic (exact) mass is 258 g/mol. The molecule has 19 heavy (non-hydrogen) atoms. The molecule has 0 radical (unpaired) electrons. The minimum absolute atomic E-state index is 0.157. The first-order chi connectivity index (χ1) is 8.99. The van der Waals surface area contributed by atoms with E-state index in [1.807, 2.05) is 44.2 Å². The van der Waals surface area contributed by atoms with Crippen molar-refractivity contribution in [2.45, 2.75) is 39.1 Å². The highest BCUT2D eigenvalue weighted by molar-refractivity contribution is 5.13. The van der Waals surface area contributed by atoms with Gasteiger partial charge in [-0.05, 0) is 17.4 Å². The van der Waals surface area contributed by atoms with E-state index in [9.17, 15) is 5.11 Å². The molecule has 0 spiro atoms. The van der Waals surface area contributed by atoms with E-state index >= 15 is 0 Å². The van der Waals surface area contributed by atoms with Gasteiger partial charge < -0.3 is 9.84 Å². The van der Waals surface area contributed by atoms with Gasteiger partial charge in [-0.2, -0.15) is 0 Å². The molecule has 0 saturated carbocycles. The van der Waals surface area contributed by atoms with Gasteiger partial charge in [-0.25, -0.2) is 0 Å². The molecule has 102 valence electrons. The van der Waals surface area contributed by atoms with Crippen molar-refractivity contribution in [1.29, 1.82) is 0 Å². The highest BCUT2D eigenvalue weighted by Crippen LogP contribution is 2.30. The first-order valence-electron chi connectivity index (χ1n) is 6.42. The van der Waals surface area contributed by atoms with E-state index in [-0.39, 0.29) is 11.5 Å². The average Bonchev–Trinajstić information content (AvgIpc) is 2.39. The van der Waals surface area contributed by atoms with E-state index in [4.69, 9.17) is 11.2 Å². The molecule has 0 aromatic heterocycles. The number of benzene rings is 1. The van der Waals surface area contributed by atoms with Crippen LogP contribution in [-0.2, 0) is 11.3 Å². The number of rotatable bonds is 7. The number of hydrogen-bond acceptors (Lipinski definition) is 2. The molecule has 0 amide bonds. The Bertz CT molecular complexity index is 428. The fourth-order valence-corrected chi connectivity index (χ4v) is 2.05. The Kier molecular flexibility index (Phi) is 5.82. The number of terminal acetylenes is 1. The maximum Gasteiger partial charge on any atom is 0.115 e. The smallest absolute Gasteiger partial charge is 0.115 e. The van der Waals surface area contributed by atoms with Gasteiger partial charge in [-0.3, -0.25) is 0 Å². The van der Waals surface area contributed by atoms with Crippen LogP contribution >= 0.6 is 0 Å². The summed E-state index contributed by atoms with van der Waals surface area (Å²) < 4.78 is 5.89. The molecule has 0 aliphatic heterocycles. The SMILES string of the molecule is C#CC(O)CC(C)(C)[C@H](C=C)OCc1ccccc1. The molecule has 1 N–H and O–H groups in total. The third-order valence-electron chi connectivity index (χ3n) is 3.17. The van der Waals surface area contributed by atoms with Gasteiger partial charge in [0.2, 0.25) is 0 Å². The van der Waals surface area contributed by atoms with Crippen LogP contribution in [0.1, 0.15) is 25.8 Å². The van der Waals surface area contributed by atoms with Crippen molar-refractivity contribution in [3.05, 3.63) is 48.6 Å². The van der Waals surface area contributed by atoms with Crippen LogP contribution in [0, 0.1) is 17.8 Å². The molecule has 2 heteroatoms. The van der Waals surface area contributed by atoms with Crippen molar-refractivity contribution in [1.82, 2.24) is 0 Å². The third-order valence-corrected chi connectivity index (χ3v) is 3.17. The molecule has 0 aliphatic rings. The lowest BCUT2D eigenvalue weighted by Crippen LogP contribution is -2.33. The van der Waals surface area contributed by atoms with Gasteiger partial charge in [0, 0.05) is 0 Å². The van der Waals surface area contributed by atoms with Crippen molar-refractivity contribution in [2.75, 3.05) is 0 Å².